The average Bonchev–Trinajstić information content (AvgIpc) is 3.59. The van der Waals surface area contributed by atoms with Gasteiger partial charge in [0.1, 0.15) is 18.1 Å². The van der Waals surface area contributed by atoms with Crippen molar-refractivity contribution in [2.75, 3.05) is 58.6 Å². The van der Waals surface area contributed by atoms with E-state index in [9.17, 15) is 13.2 Å². The molecule has 2 fully saturated rings. The number of halogens is 3. The summed E-state index contributed by atoms with van der Waals surface area (Å²) in [5.41, 5.74) is 4.74. The number of hydrogen-bond acceptors (Lipinski definition) is 10. The number of alkyl halides is 3. The summed E-state index contributed by atoms with van der Waals surface area (Å²) in [7, 11) is -6.79. The highest BCUT2D eigenvalue weighted by atomic mass is 28.5. The Morgan fingerprint density at radius 3 is 1.79 bits per heavy atom. The minimum Gasteiger partial charge on any atom is -0.493 e. The Morgan fingerprint density at radius 2 is 1.24 bits per heavy atom. The van der Waals surface area contributed by atoms with Crippen molar-refractivity contribution >= 4 is 56.5 Å². The molecule has 2 aliphatic carbocycles. The standard InChI is InChI=1S/C55H70F3NO9Si4/c1-60-48-36-45-46(37-49(48)61-2)52-44(51-50(45)43-24-19-40(55(56,57)58)35-47(43)53(51)26-13-12-14-27-53)25-28-54(65-52,38-15-20-41(21-16-38)59-29-31-62-32-30-59)39-17-22-42(23-18-39)63-33-34-64-72(66-69(3,4)5,67-70(6,7)8)68-71(9,10)11/h15-25,28,35-37H,12-14,26-27,29-34H2,1-11H3. The van der Waals surface area contributed by atoms with Crippen LogP contribution < -0.4 is 23.8 Å². The highest BCUT2D eigenvalue weighted by molar-refractivity contribution is 6.87. The molecular formula is C55H70F3NO9Si4. The first-order valence-electron chi connectivity index (χ1n) is 25.2. The predicted molar refractivity (Wildman–Crippen MR) is 288 cm³/mol. The Balaban J connectivity index is 1.14. The van der Waals surface area contributed by atoms with Gasteiger partial charge in [-0.05, 0) is 154 Å². The molecule has 1 unspecified atom stereocenters. The number of methoxy groups -OCH3 is 2. The van der Waals surface area contributed by atoms with Crippen LogP contribution in [0.2, 0.25) is 58.9 Å². The fraction of sp³-hybridized carbons (Fsp3) is 0.455. The van der Waals surface area contributed by atoms with Crippen LogP contribution in [-0.4, -0.2) is 87.7 Å². The second kappa shape index (κ2) is 19.7. The van der Waals surface area contributed by atoms with E-state index in [2.05, 4.69) is 100 Å². The summed E-state index contributed by atoms with van der Waals surface area (Å²) in [4.78, 5) is 2.32. The number of morpholine rings is 1. The Labute approximate surface area is 427 Å². The van der Waals surface area contributed by atoms with Gasteiger partial charge in [0.25, 0.3) is 0 Å². The number of fused-ring (bicyclic) bond motifs is 10. The van der Waals surface area contributed by atoms with Crippen LogP contribution in [0.1, 0.15) is 65.5 Å². The predicted octanol–water partition coefficient (Wildman–Crippen LogP) is 13.7. The zero-order valence-corrected chi connectivity index (χ0v) is 47.7. The zero-order chi connectivity index (χ0) is 51.5. The van der Waals surface area contributed by atoms with Crippen LogP contribution in [0.3, 0.4) is 0 Å². The molecular weight excluding hydrogens is 988 g/mol. The third kappa shape index (κ3) is 10.5. The maximum absolute atomic E-state index is 14.6. The van der Waals surface area contributed by atoms with E-state index in [-0.39, 0.29) is 13.2 Å². The highest BCUT2D eigenvalue weighted by Crippen LogP contribution is 2.63. The summed E-state index contributed by atoms with van der Waals surface area (Å²) >= 11 is 0. The molecule has 0 amide bonds. The molecule has 2 aliphatic heterocycles. The van der Waals surface area contributed by atoms with Crippen molar-refractivity contribution in [3.63, 3.8) is 0 Å². The van der Waals surface area contributed by atoms with Gasteiger partial charge in [0.15, 0.2) is 42.1 Å². The van der Waals surface area contributed by atoms with Gasteiger partial charge in [-0.15, -0.1) is 0 Å². The first kappa shape index (κ1) is 52.4. The number of anilines is 1. The molecule has 0 radical (unpaired) electrons. The summed E-state index contributed by atoms with van der Waals surface area (Å²) in [6.07, 6.45) is 4.03. The molecule has 4 aliphatic rings. The molecule has 17 heteroatoms. The van der Waals surface area contributed by atoms with Crippen molar-refractivity contribution in [3.8, 4) is 34.1 Å². The van der Waals surface area contributed by atoms with Crippen LogP contribution in [0, 0.1) is 0 Å². The fourth-order valence-electron chi connectivity index (χ4n) is 11.0. The van der Waals surface area contributed by atoms with Gasteiger partial charge in [-0.1, -0.05) is 55.7 Å². The lowest BCUT2D eigenvalue weighted by Crippen LogP contribution is -2.62. The summed E-state index contributed by atoms with van der Waals surface area (Å²) in [6, 6.07) is 24.7. The molecule has 0 aromatic heterocycles. The number of ether oxygens (including phenoxy) is 5. The van der Waals surface area contributed by atoms with Crippen LogP contribution in [0.5, 0.6) is 23.0 Å². The van der Waals surface area contributed by atoms with Crippen molar-refractivity contribution in [2.45, 2.75) is 108 Å². The molecule has 1 saturated heterocycles. The molecule has 0 N–H and O–H groups in total. The van der Waals surface area contributed by atoms with Crippen LogP contribution in [0.25, 0.3) is 28.0 Å². The summed E-state index contributed by atoms with van der Waals surface area (Å²) in [5.74, 6) is 2.31. The van der Waals surface area contributed by atoms with Crippen LogP contribution in [0.4, 0.5) is 18.9 Å². The van der Waals surface area contributed by atoms with Crippen LogP contribution in [0.15, 0.2) is 84.9 Å². The van der Waals surface area contributed by atoms with Crippen molar-refractivity contribution in [2.24, 2.45) is 0 Å². The molecule has 2 heterocycles. The van der Waals surface area contributed by atoms with Crippen molar-refractivity contribution in [1.82, 2.24) is 0 Å². The summed E-state index contributed by atoms with van der Waals surface area (Å²) in [6.45, 7) is 22.5. The normalized spacial score (nSPS) is 18.9. The van der Waals surface area contributed by atoms with E-state index in [1.807, 2.05) is 36.4 Å². The minimum absolute atomic E-state index is 0.212. The van der Waals surface area contributed by atoms with E-state index in [0.29, 0.717) is 36.2 Å². The van der Waals surface area contributed by atoms with Gasteiger partial charge in [-0.25, -0.2) is 0 Å². The smallest absolute Gasteiger partial charge is 0.493 e. The van der Waals surface area contributed by atoms with Gasteiger partial charge >= 0.3 is 15.2 Å². The Bertz CT molecular complexity index is 2770. The van der Waals surface area contributed by atoms with Crippen molar-refractivity contribution in [1.29, 1.82) is 0 Å². The van der Waals surface area contributed by atoms with Gasteiger partial charge in [-0.3, -0.25) is 0 Å². The topological polar surface area (TPSA) is 86.3 Å². The lowest BCUT2D eigenvalue weighted by molar-refractivity contribution is -0.137. The number of hydrogen-bond donors (Lipinski definition) is 0. The number of benzene rings is 5. The highest BCUT2D eigenvalue weighted by Gasteiger charge is 2.54. The molecule has 0 bridgehead atoms. The van der Waals surface area contributed by atoms with E-state index < -0.39 is 56.8 Å². The second-order valence-electron chi connectivity index (χ2n) is 22.3. The quantitative estimate of drug-likeness (QED) is 0.0703. The molecule has 1 saturated carbocycles. The first-order chi connectivity index (χ1) is 34.0. The molecule has 10 nitrogen and oxygen atoms in total. The summed E-state index contributed by atoms with van der Waals surface area (Å²) in [5, 5.41) is 1.60. The lowest BCUT2D eigenvalue weighted by Gasteiger charge is -2.41. The minimum atomic E-state index is -4.49. The van der Waals surface area contributed by atoms with Gasteiger partial charge in [0, 0.05) is 46.3 Å². The molecule has 5 aromatic rings. The van der Waals surface area contributed by atoms with Gasteiger partial charge in [-0.2, -0.15) is 13.2 Å². The van der Waals surface area contributed by atoms with Crippen molar-refractivity contribution < 1.29 is 53.6 Å². The molecule has 9 rings (SSSR count). The Kier molecular flexibility index (Phi) is 14.3. The molecule has 1 atom stereocenters. The third-order valence-corrected chi connectivity index (χ3v) is 24.7. The average molecular weight is 1060 g/mol. The maximum Gasteiger partial charge on any atom is 0.647 e. The summed E-state index contributed by atoms with van der Waals surface area (Å²) < 4.78 is 102. The second-order valence-corrected chi connectivity index (χ2v) is 38.7. The molecule has 386 valence electrons. The monoisotopic (exact) mass is 1060 g/mol. The molecule has 72 heavy (non-hydrogen) atoms. The van der Waals surface area contributed by atoms with Crippen LogP contribution in [-0.2, 0) is 38.7 Å². The lowest BCUT2D eigenvalue weighted by atomic mass is 9.66. The number of rotatable bonds is 16. The van der Waals surface area contributed by atoms with E-state index in [1.54, 1.807) is 20.3 Å². The largest absolute Gasteiger partial charge is 0.647 e. The van der Waals surface area contributed by atoms with Gasteiger partial charge in [0.2, 0.25) is 0 Å². The molecule has 5 aromatic carbocycles. The SMILES string of the molecule is COc1cc2c3c(c4c(c2cc1OC)-c1ccc(C(F)(F)F)cc1C41CCCCC1)C=CC(c1ccc(OCCO[Si](O[Si](C)(C)C)(O[Si](C)(C)C)O[Si](C)(C)C)cc1)(c1ccc(N2CCOCC2)cc1)O3. The van der Waals surface area contributed by atoms with E-state index in [1.165, 1.54) is 12.1 Å². The zero-order valence-electron chi connectivity index (χ0n) is 43.7. The fourth-order valence-corrected chi connectivity index (χ4v) is 22.7. The van der Waals surface area contributed by atoms with E-state index in [4.69, 9.17) is 40.5 Å². The Morgan fingerprint density at radius 1 is 0.667 bits per heavy atom. The van der Waals surface area contributed by atoms with Gasteiger partial charge in [0.05, 0.1) is 39.6 Å². The van der Waals surface area contributed by atoms with E-state index in [0.717, 1.165) is 101 Å². The van der Waals surface area contributed by atoms with Crippen molar-refractivity contribution in [3.05, 3.63) is 118 Å². The Hall–Kier alpha value is -4.44. The number of nitrogens with zero attached hydrogens (tertiary/aromatic N) is 1. The van der Waals surface area contributed by atoms with E-state index >= 15 is 0 Å². The van der Waals surface area contributed by atoms with Crippen LogP contribution >= 0.6 is 0 Å². The molecule has 1 spiro atoms. The maximum atomic E-state index is 14.6. The first-order valence-corrected chi connectivity index (χ1v) is 37.1. The van der Waals surface area contributed by atoms with Gasteiger partial charge < -0.3 is 45.4 Å². The third-order valence-electron chi connectivity index (χ3n) is 13.7.